The second kappa shape index (κ2) is 7.66. The van der Waals surface area contributed by atoms with Crippen LogP contribution in [-0.2, 0) is 11.2 Å². The van der Waals surface area contributed by atoms with Crippen molar-refractivity contribution in [1.29, 1.82) is 0 Å². The van der Waals surface area contributed by atoms with Crippen LogP contribution in [0.3, 0.4) is 0 Å². The second-order valence-electron chi connectivity index (χ2n) is 6.13. The number of amides is 2. The molecular weight excluding hydrogens is 346 g/mol. The van der Waals surface area contributed by atoms with Crippen molar-refractivity contribution in [1.82, 2.24) is 10.3 Å². The first kappa shape index (κ1) is 18.1. The summed E-state index contributed by atoms with van der Waals surface area (Å²) in [5.41, 5.74) is 3.71. The van der Waals surface area contributed by atoms with Gasteiger partial charge in [0.05, 0.1) is 22.6 Å². The van der Waals surface area contributed by atoms with Crippen molar-refractivity contribution in [2.45, 2.75) is 27.2 Å². The quantitative estimate of drug-likeness (QED) is 0.720. The smallest absolute Gasteiger partial charge is 0.261 e. The van der Waals surface area contributed by atoms with Gasteiger partial charge in [0.25, 0.3) is 5.91 Å². The molecule has 134 valence electrons. The van der Waals surface area contributed by atoms with Crippen LogP contribution in [0, 0.1) is 13.8 Å². The van der Waals surface area contributed by atoms with Gasteiger partial charge in [-0.05, 0) is 55.7 Å². The standard InChI is InChI=1S/C20H21N3O2S/c1-4-16-13(3)10-17(26-16)20(25)22-11-18(24)23-15-8-7-12(2)19-14(15)6-5-9-21-19/h5-10H,4,11H2,1-3H3,(H,22,25)(H,23,24). The molecule has 0 atom stereocenters. The number of aromatic nitrogens is 1. The molecule has 0 saturated heterocycles. The monoisotopic (exact) mass is 367 g/mol. The first-order chi connectivity index (χ1) is 12.5. The van der Waals surface area contributed by atoms with E-state index >= 15 is 0 Å². The highest BCUT2D eigenvalue weighted by atomic mass is 32.1. The molecule has 0 aliphatic heterocycles. The van der Waals surface area contributed by atoms with Crippen LogP contribution < -0.4 is 10.6 Å². The molecule has 0 fully saturated rings. The van der Waals surface area contributed by atoms with Gasteiger partial charge >= 0.3 is 0 Å². The van der Waals surface area contributed by atoms with E-state index in [2.05, 4.69) is 22.5 Å². The largest absolute Gasteiger partial charge is 0.342 e. The number of nitrogens with one attached hydrogen (secondary N) is 2. The van der Waals surface area contributed by atoms with Crippen LogP contribution in [-0.4, -0.2) is 23.3 Å². The third-order valence-electron chi connectivity index (χ3n) is 4.22. The molecule has 5 nitrogen and oxygen atoms in total. The van der Waals surface area contributed by atoms with Crippen molar-refractivity contribution in [3.63, 3.8) is 0 Å². The molecule has 0 unspecified atom stereocenters. The number of thiophene rings is 1. The summed E-state index contributed by atoms with van der Waals surface area (Å²) in [6, 6.07) is 9.41. The summed E-state index contributed by atoms with van der Waals surface area (Å²) < 4.78 is 0. The molecule has 1 aromatic carbocycles. The zero-order valence-electron chi connectivity index (χ0n) is 15.1. The molecule has 0 radical (unpaired) electrons. The molecule has 0 bridgehead atoms. The van der Waals surface area contributed by atoms with Gasteiger partial charge in [-0.1, -0.05) is 13.0 Å². The number of hydrogen-bond donors (Lipinski definition) is 2. The molecule has 6 heteroatoms. The second-order valence-corrected chi connectivity index (χ2v) is 7.27. The zero-order valence-corrected chi connectivity index (χ0v) is 15.9. The number of anilines is 1. The van der Waals surface area contributed by atoms with Gasteiger partial charge in [0.1, 0.15) is 0 Å². The maximum Gasteiger partial charge on any atom is 0.261 e. The summed E-state index contributed by atoms with van der Waals surface area (Å²) in [6.07, 6.45) is 2.63. The number of rotatable bonds is 5. The summed E-state index contributed by atoms with van der Waals surface area (Å²) >= 11 is 1.47. The average molecular weight is 367 g/mol. The number of aryl methyl sites for hydroxylation is 3. The highest BCUT2D eigenvalue weighted by molar-refractivity contribution is 7.14. The lowest BCUT2D eigenvalue weighted by Gasteiger charge is -2.10. The van der Waals surface area contributed by atoms with Gasteiger partial charge in [0.2, 0.25) is 5.91 Å². The lowest BCUT2D eigenvalue weighted by atomic mass is 10.1. The fourth-order valence-corrected chi connectivity index (χ4v) is 3.88. The Bertz CT molecular complexity index is 978. The highest BCUT2D eigenvalue weighted by Crippen LogP contribution is 2.24. The van der Waals surface area contributed by atoms with Crippen molar-refractivity contribution in [3.05, 3.63) is 57.4 Å². The van der Waals surface area contributed by atoms with E-state index in [-0.39, 0.29) is 18.4 Å². The third kappa shape index (κ3) is 3.75. The van der Waals surface area contributed by atoms with E-state index in [1.165, 1.54) is 16.2 Å². The van der Waals surface area contributed by atoms with Crippen LogP contribution in [0.5, 0.6) is 0 Å². The maximum atomic E-state index is 12.3. The van der Waals surface area contributed by atoms with Gasteiger partial charge in [0, 0.05) is 16.5 Å². The minimum absolute atomic E-state index is 0.0765. The molecule has 2 aromatic heterocycles. The molecule has 0 aliphatic rings. The maximum absolute atomic E-state index is 12.3. The number of pyridine rings is 1. The van der Waals surface area contributed by atoms with Gasteiger partial charge in [0.15, 0.2) is 0 Å². The minimum Gasteiger partial charge on any atom is -0.342 e. The minimum atomic E-state index is -0.267. The lowest BCUT2D eigenvalue weighted by Crippen LogP contribution is -2.32. The molecule has 0 spiro atoms. The molecule has 26 heavy (non-hydrogen) atoms. The first-order valence-corrected chi connectivity index (χ1v) is 9.33. The van der Waals surface area contributed by atoms with E-state index in [0.717, 1.165) is 28.5 Å². The SMILES string of the molecule is CCc1sc(C(=O)NCC(=O)Nc2ccc(C)c3ncccc23)cc1C. The Labute approximate surface area is 156 Å². The van der Waals surface area contributed by atoms with Crippen molar-refractivity contribution in [3.8, 4) is 0 Å². The van der Waals surface area contributed by atoms with E-state index in [1.54, 1.807) is 6.20 Å². The zero-order chi connectivity index (χ0) is 18.7. The Morgan fingerprint density at radius 3 is 2.69 bits per heavy atom. The number of hydrogen-bond acceptors (Lipinski definition) is 4. The van der Waals surface area contributed by atoms with E-state index in [4.69, 9.17) is 0 Å². The van der Waals surface area contributed by atoms with Gasteiger partial charge < -0.3 is 10.6 Å². The number of benzene rings is 1. The van der Waals surface area contributed by atoms with Crippen LogP contribution in [0.15, 0.2) is 36.5 Å². The molecule has 2 N–H and O–H groups in total. The normalized spacial score (nSPS) is 10.7. The molecule has 2 heterocycles. The lowest BCUT2D eigenvalue weighted by molar-refractivity contribution is -0.115. The molecule has 3 aromatic rings. The van der Waals surface area contributed by atoms with Crippen molar-refractivity contribution in [2.75, 3.05) is 11.9 Å². The Morgan fingerprint density at radius 1 is 1.15 bits per heavy atom. The fourth-order valence-electron chi connectivity index (χ4n) is 2.85. The molecule has 0 saturated carbocycles. The predicted octanol–water partition coefficient (Wildman–Crippen LogP) is 3.84. The number of carbonyl (C=O) groups is 2. The summed E-state index contributed by atoms with van der Waals surface area (Å²) in [5, 5.41) is 6.43. The van der Waals surface area contributed by atoms with Gasteiger partial charge in [-0.2, -0.15) is 0 Å². The molecule has 0 aliphatic carbocycles. The summed E-state index contributed by atoms with van der Waals surface area (Å²) in [7, 11) is 0. The number of nitrogens with zero attached hydrogens (tertiary/aromatic N) is 1. The van der Waals surface area contributed by atoms with E-state index in [1.807, 2.05) is 44.2 Å². The molecule has 2 amide bonds. The van der Waals surface area contributed by atoms with Crippen LogP contribution in [0.2, 0.25) is 0 Å². The Hall–Kier alpha value is -2.73. The fraction of sp³-hybridized carbons (Fsp3) is 0.250. The van der Waals surface area contributed by atoms with Crippen LogP contribution in [0.25, 0.3) is 10.9 Å². The Balaban J connectivity index is 1.66. The highest BCUT2D eigenvalue weighted by Gasteiger charge is 2.13. The third-order valence-corrected chi connectivity index (χ3v) is 5.60. The van der Waals surface area contributed by atoms with Gasteiger partial charge in [-0.25, -0.2) is 0 Å². The predicted molar refractivity (Wildman–Crippen MR) is 106 cm³/mol. The number of fused-ring (bicyclic) bond motifs is 1. The van der Waals surface area contributed by atoms with Crippen molar-refractivity contribution < 1.29 is 9.59 Å². The van der Waals surface area contributed by atoms with Crippen LogP contribution in [0.1, 0.15) is 32.6 Å². The Kier molecular flexibility index (Phi) is 5.32. The van der Waals surface area contributed by atoms with Crippen molar-refractivity contribution in [2.24, 2.45) is 0 Å². The van der Waals surface area contributed by atoms with E-state index in [9.17, 15) is 9.59 Å². The van der Waals surface area contributed by atoms with Gasteiger partial charge in [-0.15, -0.1) is 11.3 Å². The topological polar surface area (TPSA) is 71.1 Å². The summed E-state index contributed by atoms with van der Waals surface area (Å²) in [5.74, 6) is -0.486. The van der Waals surface area contributed by atoms with Crippen molar-refractivity contribution >= 4 is 39.7 Å². The van der Waals surface area contributed by atoms with E-state index < -0.39 is 0 Å². The summed E-state index contributed by atoms with van der Waals surface area (Å²) in [6.45, 7) is 5.96. The van der Waals surface area contributed by atoms with E-state index in [0.29, 0.717) is 10.6 Å². The van der Waals surface area contributed by atoms with Gasteiger partial charge in [-0.3, -0.25) is 14.6 Å². The Morgan fingerprint density at radius 2 is 1.96 bits per heavy atom. The number of carbonyl (C=O) groups excluding carboxylic acids is 2. The summed E-state index contributed by atoms with van der Waals surface area (Å²) in [4.78, 5) is 30.7. The molecule has 3 rings (SSSR count). The van der Waals surface area contributed by atoms with Crippen LogP contribution in [0.4, 0.5) is 5.69 Å². The molecular formula is C20H21N3O2S. The average Bonchev–Trinajstić information content (AvgIpc) is 3.03. The first-order valence-electron chi connectivity index (χ1n) is 8.51. The van der Waals surface area contributed by atoms with Crippen LogP contribution >= 0.6 is 11.3 Å².